The summed E-state index contributed by atoms with van der Waals surface area (Å²) in [5.41, 5.74) is -0.963. The van der Waals surface area contributed by atoms with E-state index in [0.29, 0.717) is 12.1 Å². The lowest BCUT2D eigenvalue weighted by Gasteiger charge is -2.36. The minimum atomic E-state index is -1.58. The van der Waals surface area contributed by atoms with Crippen LogP contribution in [0.4, 0.5) is 0 Å². The maximum atomic E-state index is 12.8. The number of carbonyl (C=O) groups excluding carboxylic acids is 1. The van der Waals surface area contributed by atoms with E-state index in [1.165, 1.54) is 0 Å². The summed E-state index contributed by atoms with van der Waals surface area (Å²) in [5, 5.41) is 18.9. The molecule has 1 unspecified atom stereocenters. The number of carbonyl (C=O) groups is 1. The van der Waals surface area contributed by atoms with Crippen molar-refractivity contribution in [1.82, 2.24) is 4.90 Å². The zero-order chi connectivity index (χ0) is 21.5. The molecule has 29 heavy (non-hydrogen) atoms. The van der Waals surface area contributed by atoms with Crippen LogP contribution in [0.3, 0.4) is 0 Å². The molecular formula is C24H37NO4. The van der Waals surface area contributed by atoms with E-state index in [-0.39, 0.29) is 19.1 Å². The largest absolute Gasteiger partial charge is 0.450 e. The van der Waals surface area contributed by atoms with Gasteiger partial charge in [0, 0.05) is 12.5 Å². The summed E-state index contributed by atoms with van der Waals surface area (Å²) in [6.07, 6.45) is 4.92. The standard InChI is InChI=1S/C22H31NO3.C2H6O/c1-3-23(4-2)17-11-12-18-26-21(24)22(25,19-13-7-5-8-14-19)20-15-9-6-10-16-20;1-2-3/h5,7-8,13-14,20,25H,3-4,6,9-10,15-18H2,1-2H3;3H,2H2,1H3. The lowest BCUT2D eigenvalue weighted by molar-refractivity contribution is -0.174. The molecule has 2 N–H and O–H groups in total. The minimum absolute atomic E-state index is 0.0158. The summed E-state index contributed by atoms with van der Waals surface area (Å²) in [5.74, 6) is 5.25. The monoisotopic (exact) mass is 403 g/mol. The van der Waals surface area contributed by atoms with Gasteiger partial charge in [0.1, 0.15) is 0 Å². The van der Waals surface area contributed by atoms with Crippen LogP contribution in [-0.4, -0.2) is 53.9 Å². The second-order valence-corrected chi connectivity index (χ2v) is 7.17. The first kappa shape index (κ1) is 25.2. The predicted molar refractivity (Wildman–Crippen MR) is 116 cm³/mol. The summed E-state index contributed by atoms with van der Waals surface area (Å²) in [6, 6.07) is 9.19. The Morgan fingerprint density at radius 1 is 1.10 bits per heavy atom. The van der Waals surface area contributed by atoms with Crippen LogP contribution in [0.1, 0.15) is 58.4 Å². The predicted octanol–water partition coefficient (Wildman–Crippen LogP) is 3.34. The average Bonchev–Trinajstić information content (AvgIpc) is 2.77. The van der Waals surface area contributed by atoms with Crippen molar-refractivity contribution >= 4 is 5.97 Å². The SMILES string of the molecule is CCN(CC)CC#CCOC(=O)C(O)(c1ccccc1)C1CCCCC1.CCO. The van der Waals surface area contributed by atoms with E-state index in [4.69, 9.17) is 9.84 Å². The highest BCUT2D eigenvalue weighted by Gasteiger charge is 2.46. The molecule has 0 heterocycles. The minimum Gasteiger partial charge on any atom is -0.450 e. The maximum absolute atomic E-state index is 12.8. The summed E-state index contributed by atoms with van der Waals surface area (Å²) in [7, 11) is 0. The zero-order valence-corrected chi connectivity index (χ0v) is 18.2. The Balaban J connectivity index is 0.00000132. The molecule has 2 rings (SSSR count). The summed E-state index contributed by atoms with van der Waals surface area (Å²) in [6.45, 7) is 8.68. The van der Waals surface area contributed by atoms with Crippen molar-refractivity contribution in [1.29, 1.82) is 0 Å². The molecule has 0 amide bonds. The second kappa shape index (κ2) is 14.2. The van der Waals surface area contributed by atoms with Crippen molar-refractivity contribution in [2.24, 2.45) is 5.92 Å². The van der Waals surface area contributed by atoms with Crippen molar-refractivity contribution in [2.45, 2.75) is 58.5 Å². The Morgan fingerprint density at radius 3 is 2.24 bits per heavy atom. The molecule has 5 heteroatoms. The Morgan fingerprint density at radius 2 is 1.69 bits per heavy atom. The Hall–Kier alpha value is -1.87. The molecule has 0 radical (unpaired) electrons. The van der Waals surface area contributed by atoms with Gasteiger partial charge in [-0.25, -0.2) is 4.79 Å². The number of aliphatic hydroxyl groups is 2. The summed E-state index contributed by atoms with van der Waals surface area (Å²) >= 11 is 0. The molecule has 1 atom stereocenters. The average molecular weight is 404 g/mol. The second-order valence-electron chi connectivity index (χ2n) is 7.17. The third-order valence-electron chi connectivity index (χ3n) is 5.32. The Kier molecular flexibility index (Phi) is 12.3. The molecule has 1 aliphatic carbocycles. The van der Waals surface area contributed by atoms with Gasteiger partial charge in [0.15, 0.2) is 12.2 Å². The highest BCUT2D eigenvalue weighted by Crippen LogP contribution is 2.40. The van der Waals surface area contributed by atoms with Gasteiger partial charge in [0.25, 0.3) is 0 Å². The van der Waals surface area contributed by atoms with Crippen LogP contribution >= 0.6 is 0 Å². The number of nitrogens with zero attached hydrogens (tertiary/aromatic N) is 1. The lowest BCUT2D eigenvalue weighted by atomic mass is 9.73. The van der Waals surface area contributed by atoms with Gasteiger partial charge in [0.05, 0.1) is 6.54 Å². The first-order valence-electron chi connectivity index (χ1n) is 10.8. The molecule has 0 spiro atoms. The smallest absolute Gasteiger partial charge is 0.344 e. The molecule has 0 saturated heterocycles. The fraction of sp³-hybridized carbons (Fsp3) is 0.625. The topological polar surface area (TPSA) is 70.0 Å². The normalized spacial score (nSPS) is 16.1. The molecule has 1 saturated carbocycles. The van der Waals surface area contributed by atoms with Gasteiger partial charge >= 0.3 is 5.97 Å². The molecule has 0 aromatic heterocycles. The van der Waals surface area contributed by atoms with Crippen LogP contribution in [0.25, 0.3) is 0 Å². The molecule has 5 nitrogen and oxygen atoms in total. The quantitative estimate of drug-likeness (QED) is 0.540. The molecule has 1 fully saturated rings. The van der Waals surface area contributed by atoms with Crippen LogP contribution in [0.15, 0.2) is 30.3 Å². The first-order chi connectivity index (χ1) is 14.0. The fourth-order valence-electron chi connectivity index (χ4n) is 3.61. The van der Waals surface area contributed by atoms with Gasteiger partial charge < -0.3 is 14.9 Å². The third-order valence-corrected chi connectivity index (χ3v) is 5.32. The lowest BCUT2D eigenvalue weighted by Crippen LogP contribution is -2.45. The Labute approximate surface area is 176 Å². The number of aliphatic hydroxyl groups excluding tert-OH is 1. The van der Waals surface area contributed by atoms with Gasteiger partial charge in [-0.2, -0.15) is 0 Å². The van der Waals surface area contributed by atoms with Crippen LogP contribution in [0.2, 0.25) is 0 Å². The zero-order valence-electron chi connectivity index (χ0n) is 18.2. The molecule has 0 aliphatic heterocycles. The molecule has 0 bridgehead atoms. The maximum Gasteiger partial charge on any atom is 0.344 e. The highest BCUT2D eigenvalue weighted by molar-refractivity contribution is 5.81. The molecule has 162 valence electrons. The van der Waals surface area contributed by atoms with E-state index in [1.54, 1.807) is 6.92 Å². The number of benzene rings is 1. The van der Waals surface area contributed by atoms with Crippen LogP contribution in [0, 0.1) is 17.8 Å². The van der Waals surface area contributed by atoms with Crippen LogP contribution in [0.5, 0.6) is 0 Å². The van der Waals surface area contributed by atoms with Crippen LogP contribution < -0.4 is 0 Å². The van der Waals surface area contributed by atoms with Gasteiger partial charge in [-0.15, -0.1) is 0 Å². The number of rotatable bonds is 7. The van der Waals surface area contributed by atoms with E-state index >= 15 is 0 Å². The van der Waals surface area contributed by atoms with E-state index < -0.39 is 11.6 Å². The molecule has 1 aromatic carbocycles. The third kappa shape index (κ3) is 7.81. The number of ether oxygens (including phenoxy) is 1. The number of hydrogen-bond acceptors (Lipinski definition) is 5. The van der Waals surface area contributed by atoms with E-state index in [0.717, 1.165) is 45.2 Å². The fourth-order valence-corrected chi connectivity index (χ4v) is 3.61. The molecular weight excluding hydrogens is 366 g/mol. The van der Waals surface area contributed by atoms with Gasteiger partial charge in [0.2, 0.25) is 0 Å². The summed E-state index contributed by atoms with van der Waals surface area (Å²) < 4.78 is 5.38. The number of hydrogen-bond donors (Lipinski definition) is 2. The van der Waals surface area contributed by atoms with E-state index in [1.807, 2.05) is 30.3 Å². The molecule has 1 aliphatic rings. The van der Waals surface area contributed by atoms with Crippen molar-refractivity contribution < 1.29 is 19.7 Å². The highest BCUT2D eigenvalue weighted by atomic mass is 16.5. The van der Waals surface area contributed by atoms with Crippen LogP contribution in [-0.2, 0) is 15.1 Å². The Bertz CT molecular complexity index is 627. The number of esters is 1. The van der Waals surface area contributed by atoms with Crippen molar-refractivity contribution in [2.75, 3.05) is 32.8 Å². The van der Waals surface area contributed by atoms with Crippen molar-refractivity contribution in [3.8, 4) is 11.8 Å². The van der Waals surface area contributed by atoms with Gasteiger partial charge in [-0.05, 0) is 38.4 Å². The summed E-state index contributed by atoms with van der Waals surface area (Å²) in [4.78, 5) is 15.0. The van der Waals surface area contributed by atoms with Crippen molar-refractivity contribution in [3.05, 3.63) is 35.9 Å². The van der Waals surface area contributed by atoms with Gasteiger partial charge in [-0.1, -0.05) is 75.3 Å². The first-order valence-corrected chi connectivity index (χ1v) is 10.8. The molecule has 1 aromatic rings. The van der Waals surface area contributed by atoms with E-state index in [2.05, 4.69) is 30.6 Å². The van der Waals surface area contributed by atoms with Crippen molar-refractivity contribution in [3.63, 3.8) is 0 Å². The van der Waals surface area contributed by atoms with Gasteiger partial charge in [-0.3, -0.25) is 4.90 Å². The van der Waals surface area contributed by atoms with E-state index in [9.17, 15) is 9.90 Å².